The zero-order chi connectivity index (χ0) is 16.3. The van der Waals surface area contributed by atoms with Gasteiger partial charge < -0.3 is 9.64 Å². The van der Waals surface area contributed by atoms with E-state index >= 15 is 0 Å². The van der Waals surface area contributed by atoms with Gasteiger partial charge in [0.1, 0.15) is 5.82 Å². The number of likely N-dealkylation sites (N-methyl/N-ethyl adjacent to an activating group) is 1. The third-order valence-electron chi connectivity index (χ3n) is 3.56. The van der Waals surface area contributed by atoms with Gasteiger partial charge in [0.15, 0.2) is 16.4 Å². The van der Waals surface area contributed by atoms with Crippen molar-refractivity contribution in [1.82, 2.24) is 4.90 Å². The summed E-state index contributed by atoms with van der Waals surface area (Å²) in [6.45, 7) is -0.483. The molecular formula is C14H16FNO5S. The quantitative estimate of drug-likeness (QED) is 0.757. The SMILES string of the molecule is CN(C(=O)COC(=O)c1ccc(F)cc1)[C@@H]1CCS(=O)(=O)C1. The van der Waals surface area contributed by atoms with Gasteiger partial charge >= 0.3 is 5.97 Å². The Morgan fingerprint density at radius 2 is 1.95 bits per heavy atom. The zero-order valence-corrected chi connectivity index (χ0v) is 12.8. The maximum atomic E-state index is 12.7. The van der Waals surface area contributed by atoms with Crippen LogP contribution >= 0.6 is 0 Å². The van der Waals surface area contributed by atoms with E-state index < -0.39 is 34.1 Å². The van der Waals surface area contributed by atoms with Crippen LogP contribution in [0.15, 0.2) is 24.3 Å². The molecule has 0 radical (unpaired) electrons. The van der Waals surface area contributed by atoms with Crippen molar-refractivity contribution >= 4 is 21.7 Å². The number of benzene rings is 1. The molecule has 0 aromatic heterocycles. The molecule has 0 spiro atoms. The summed E-state index contributed by atoms with van der Waals surface area (Å²) in [5, 5.41) is 0. The molecule has 0 N–H and O–H groups in total. The van der Waals surface area contributed by atoms with Crippen LogP contribution in [-0.2, 0) is 19.4 Å². The number of hydrogen-bond acceptors (Lipinski definition) is 5. The minimum atomic E-state index is -3.09. The van der Waals surface area contributed by atoms with Gasteiger partial charge in [-0.1, -0.05) is 0 Å². The van der Waals surface area contributed by atoms with Crippen molar-refractivity contribution in [2.45, 2.75) is 12.5 Å². The molecule has 0 saturated carbocycles. The smallest absolute Gasteiger partial charge is 0.338 e. The van der Waals surface area contributed by atoms with Crippen LogP contribution in [0.3, 0.4) is 0 Å². The Labute approximate surface area is 127 Å². The van der Waals surface area contributed by atoms with E-state index in [2.05, 4.69) is 0 Å². The number of nitrogens with zero attached hydrogens (tertiary/aromatic N) is 1. The maximum absolute atomic E-state index is 12.7. The lowest BCUT2D eigenvalue weighted by atomic mass is 10.2. The van der Waals surface area contributed by atoms with Crippen LogP contribution in [0.4, 0.5) is 4.39 Å². The molecule has 120 valence electrons. The van der Waals surface area contributed by atoms with Crippen LogP contribution in [0.5, 0.6) is 0 Å². The summed E-state index contributed by atoms with van der Waals surface area (Å²) < 4.78 is 40.4. The lowest BCUT2D eigenvalue weighted by molar-refractivity contribution is -0.134. The average molecular weight is 329 g/mol. The van der Waals surface area contributed by atoms with Crippen molar-refractivity contribution in [3.8, 4) is 0 Å². The highest BCUT2D eigenvalue weighted by molar-refractivity contribution is 7.91. The molecule has 1 heterocycles. The molecule has 1 aliphatic rings. The van der Waals surface area contributed by atoms with Gasteiger partial charge in [0, 0.05) is 13.1 Å². The highest BCUT2D eigenvalue weighted by Crippen LogP contribution is 2.16. The number of hydrogen-bond donors (Lipinski definition) is 0. The molecule has 0 unspecified atom stereocenters. The number of esters is 1. The van der Waals surface area contributed by atoms with Crippen LogP contribution in [0.2, 0.25) is 0 Å². The molecule has 0 aliphatic carbocycles. The Bertz CT molecular complexity index is 671. The second kappa shape index (κ2) is 6.43. The molecule has 2 rings (SSSR count). The van der Waals surface area contributed by atoms with E-state index in [1.165, 1.54) is 24.1 Å². The van der Waals surface area contributed by atoms with Gasteiger partial charge in [0.05, 0.1) is 17.1 Å². The van der Waals surface area contributed by atoms with E-state index in [0.29, 0.717) is 6.42 Å². The average Bonchev–Trinajstić information content (AvgIpc) is 2.84. The largest absolute Gasteiger partial charge is 0.452 e. The standard InChI is InChI=1S/C14H16FNO5S/c1-16(12-6-7-22(19,20)9-12)13(17)8-21-14(18)10-2-4-11(15)5-3-10/h2-5,12H,6-9H2,1H3/t12-/m1/s1. The third-order valence-corrected chi connectivity index (χ3v) is 5.31. The van der Waals surface area contributed by atoms with Gasteiger partial charge in [-0.25, -0.2) is 17.6 Å². The minimum absolute atomic E-state index is 0.0602. The Kier molecular flexibility index (Phi) is 4.80. The summed E-state index contributed by atoms with van der Waals surface area (Å²) >= 11 is 0. The Morgan fingerprint density at radius 1 is 1.32 bits per heavy atom. The highest BCUT2D eigenvalue weighted by atomic mass is 32.2. The molecular weight excluding hydrogens is 313 g/mol. The molecule has 1 aromatic rings. The van der Waals surface area contributed by atoms with Gasteiger partial charge in [0.2, 0.25) is 0 Å². The van der Waals surface area contributed by atoms with E-state index in [1.54, 1.807) is 0 Å². The fraction of sp³-hybridized carbons (Fsp3) is 0.429. The molecule has 1 fully saturated rings. The topological polar surface area (TPSA) is 80.8 Å². The predicted molar refractivity (Wildman–Crippen MR) is 76.5 cm³/mol. The summed E-state index contributed by atoms with van der Waals surface area (Å²) in [6, 6.07) is 4.37. The summed E-state index contributed by atoms with van der Waals surface area (Å²) in [5.74, 6) is -1.70. The molecule has 1 saturated heterocycles. The second-order valence-corrected chi connectivity index (χ2v) is 7.37. The van der Waals surface area contributed by atoms with E-state index in [9.17, 15) is 22.4 Å². The number of rotatable bonds is 4. The number of carbonyl (C=O) groups is 2. The Balaban J connectivity index is 1.87. The zero-order valence-electron chi connectivity index (χ0n) is 12.0. The van der Waals surface area contributed by atoms with Crippen LogP contribution in [0.25, 0.3) is 0 Å². The van der Waals surface area contributed by atoms with E-state index in [-0.39, 0.29) is 23.1 Å². The van der Waals surface area contributed by atoms with Gasteiger partial charge in [0.25, 0.3) is 5.91 Å². The van der Waals surface area contributed by atoms with Gasteiger partial charge in [-0.15, -0.1) is 0 Å². The van der Waals surface area contributed by atoms with Crippen molar-refractivity contribution in [3.63, 3.8) is 0 Å². The monoisotopic (exact) mass is 329 g/mol. The third kappa shape index (κ3) is 4.03. The van der Waals surface area contributed by atoms with Gasteiger partial charge in [-0.2, -0.15) is 0 Å². The lowest BCUT2D eigenvalue weighted by Gasteiger charge is -2.23. The van der Waals surface area contributed by atoms with Crippen LogP contribution in [0.1, 0.15) is 16.8 Å². The summed E-state index contributed by atoms with van der Waals surface area (Å²) in [5.41, 5.74) is 0.139. The van der Waals surface area contributed by atoms with Crippen molar-refractivity contribution in [3.05, 3.63) is 35.6 Å². The fourth-order valence-corrected chi connectivity index (χ4v) is 3.96. The molecule has 1 aromatic carbocycles. The first kappa shape index (κ1) is 16.4. The summed E-state index contributed by atoms with van der Waals surface area (Å²) in [7, 11) is -1.60. The van der Waals surface area contributed by atoms with E-state index in [0.717, 1.165) is 12.1 Å². The minimum Gasteiger partial charge on any atom is -0.452 e. The Hall–Kier alpha value is -1.96. The van der Waals surface area contributed by atoms with Crippen molar-refractivity contribution in [1.29, 1.82) is 0 Å². The first-order valence-electron chi connectivity index (χ1n) is 6.67. The fourth-order valence-electron chi connectivity index (χ4n) is 2.18. The highest BCUT2D eigenvalue weighted by Gasteiger charge is 2.32. The summed E-state index contributed by atoms with van der Waals surface area (Å²) in [6.07, 6.45) is 0.385. The molecule has 1 amide bonds. The molecule has 1 aliphatic heterocycles. The summed E-state index contributed by atoms with van der Waals surface area (Å²) in [4.78, 5) is 24.9. The maximum Gasteiger partial charge on any atom is 0.338 e. The van der Waals surface area contributed by atoms with Crippen molar-refractivity contribution < 1.29 is 27.1 Å². The van der Waals surface area contributed by atoms with Gasteiger partial charge in [-0.05, 0) is 30.7 Å². The number of ether oxygens (including phenoxy) is 1. The number of carbonyl (C=O) groups excluding carboxylic acids is 2. The molecule has 1 atom stereocenters. The van der Waals surface area contributed by atoms with Crippen LogP contribution in [-0.4, -0.2) is 56.4 Å². The van der Waals surface area contributed by atoms with Crippen LogP contribution in [0, 0.1) is 5.82 Å². The lowest BCUT2D eigenvalue weighted by Crippen LogP contribution is -2.40. The van der Waals surface area contributed by atoms with E-state index in [4.69, 9.17) is 4.74 Å². The van der Waals surface area contributed by atoms with Crippen LogP contribution < -0.4 is 0 Å². The predicted octanol–water partition coefficient (Wildman–Crippen LogP) is 0.628. The number of halogens is 1. The second-order valence-electron chi connectivity index (χ2n) is 5.14. The normalized spacial score (nSPS) is 19.6. The first-order valence-corrected chi connectivity index (χ1v) is 8.49. The molecule has 0 bridgehead atoms. The van der Waals surface area contributed by atoms with E-state index in [1.807, 2.05) is 0 Å². The molecule has 22 heavy (non-hydrogen) atoms. The van der Waals surface area contributed by atoms with Gasteiger partial charge in [-0.3, -0.25) is 4.79 Å². The molecule has 6 nitrogen and oxygen atoms in total. The molecule has 8 heteroatoms. The Morgan fingerprint density at radius 3 is 2.50 bits per heavy atom. The first-order chi connectivity index (χ1) is 10.3. The number of amides is 1. The number of sulfone groups is 1. The van der Waals surface area contributed by atoms with Crippen molar-refractivity contribution in [2.75, 3.05) is 25.2 Å². The van der Waals surface area contributed by atoms with Crippen molar-refractivity contribution in [2.24, 2.45) is 0 Å².